The van der Waals surface area contributed by atoms with Gasteiger partial charge in [-0.2, -0.15) is 13.2 Å². The van der Waals surface area contributed by atoms with Crippen molar-refractivity contribution in [3.05, 3.63) is 29.8 Å². The molecule has 1 rings (SSSR count). The van der Waals surface area contributed by atoms with Crippen molar-refractivity contribution in [1.29, 1.82) is 0 Å². The maximum absolute atomic E-state index is 12.1. The predicted octanol–water partition coefficient (Wildman–Crippen LogP) is 3.67. The Morgan fingerprint density at radius 2 is 1.78 bits per heavy atom. The van der Waals surface area contributed by atoms with Crippen LogP contribution in [0.4, 0.5) is 18.9 Å². The van der Waals surface area contributed by atoms with Crippen molar-refractivity contribution in [2.75, 3.05) is 18.5 Å². The van der Waals surface area contributed by atoms with Gasteiger partial charge in [0.05, 0.1) is 6.42 Å². The van der Waals surface area contributed by atoms with E-state index in [1.807, 2.05) is 0 Å². The second-order valence-corrected chi connectivity index (χ2v) is 4.11. The lowest BCUT2D eigenvalue weighted by atomic mass is 10.1. The molecule has 0 atom stereocenters. The number of rotatable bonds is 5. The Balaban J connectivity index is 2.64. The number of nitrogens with zero attached hydrogens (tertiary/aromatic N) is 1. The quantitative estimate of drug-likeness (QED) is 0.752. The lowest BCUT2D eigenvalue weighted by Crippen LogP contribution is -2.23. The molecule has 0 aromatic heterocycles. The van der Waals surface area contributed by atoms with Crippen molar-refractivity contribution in [3.8, 4) is 0 Å². The van der Waals surface area contributed by atoms with Crippen LogP contribution in [0.15, 0.2) is 24.3 Å². The van der Waals surface area contributed by atoms with Crippen LogP contribution in [0.5, 0.6) is 0 Å². The highest BCUT2D eigenvalue weighted by atomic mass is 19.4. The number of Topliss-reactive ketones (excluding diaryl/α,β-unsaturated/α-hetero) is 1. The summed E-state index contributed by atoms with van der Waals surface area (Å²) in [5.41, 5.74) is 1.26. The molecule has 0 aliphatic carbocycles. The Bertz CT molecular complexity index is 398. The van der Waals surface area contributed by atoms with Crippen LogP contribution in [0.25, 0.3) is 0 Å². The zero-order valence-electron chi connectivity index (χ0n) is 10.4. The van der Waals surface area contributed by atoms with Gasteiger partial charge in [-0.05, 0) is 24.3 Å². The number of hydrogen-bond donors (Lipinski definition) is 0. The highest BCUT2D eigenvalue weighted by Crippen LogP contribution is 2.22. The molecule has 0 aliphatic rings. The standard InChI is InChI=1S/C13H16F3NO/c1-3-12(18)10-4-6-11(7-5-10)17(2)9-8-13(14,15)16/h4-7H,3,8-9H2,1-2H3. The van der Waals surface area contributed by atoms with E-state index in [1.54, 1.807) is 38.2 Å². The van der Waals surface area contributed by atoms with Crippen molar-refractivity contribution in [1.82, 2.24) is 0 Å². The maximum atomic E-state index is 12.1. The van der Waals surface area contributed by atoms with Crippen LogP contribution in [-0.2, 0) is 0 Å². The van der Waals surface area contributed by atoms with E-state index in [-0.39, 0.29) is 12.3 Å². The van der Waals surface area contributed by atoms with Crippen LogP contribution >= 0.6 is 0 Å². The molecule has 0 bridgehead atoms. The molecular formula is C13H16F3NO. The molecule has 100 valence electrons. The van der Waals surface area contributed by atoms with Gasteiger partial charge in [-0.1, -0.05) is 6.92 Å². The van der Waals surface area contributed by atoms with E-state index in [2.05, 4.69) is 0 Å². The molecule has 0 amide bonds. The lowest BCUT2D eigenvalue weighted by molar-refractivity contribution is -0.132. The van der Waals surface area contributed by atoms with Gasteiger partial charge in [0.2, 0.25) is 0 Å². The Labute approximate surface area is 104 Å². The molecule has 0 heterocycles. The highest BCUT2D eigenvalue weighted by Gasteiger charge is 2.27. The fourth-order valence-electron chi connectivity index (χ4n) is 1.53. The van der Waals surface area contributed by atoms with Crippen molar-refractivity contribution >= 4 is 11.5 Å². The Morgan fingerprint density at radius 3 is 2.22 bits per heavy atom. The Morgan fingerprint density at radius 1 is 1.22 bits per heavy atom. The number of hydrogen-bond acceptors (Lipinski definition) is 2. The van der Waals surface area contributed by atoms with Gasteiger partial charge < -0.3 is 4.90 Å². The second-order valence-electron chi connectivity index (χ2n) is 4.11. The molecule has 1 aromatic rings. The third kappa shape index (κ3) is 4.39. The number of carbonyl (C=O) groups excluding carboxylic acids is 1. The molecular weight excluding hydrogens is 243 g/mol. The van der Waals surface area contributed by atoms with E-state index in [4.69, 9.17) is 0 Å². The molecule has 5 heteroatoms. The monoisotopic (exact) mass is 259 g/mol. The fraction of sp³-hybridized carbons (Fsp3) is 0.462. The van der Waals surface area contributed by atoms with E-state index >= 15 is 0 Å². The number of carbonyl (C=O) groups is 1. The van der Waals surface area contributed by atoms with E-state index in [1.165, 1.54) is 4.90 Å². The molecule has 0 unspecified atom stereocenters. The van der Waals surface area contributed by atoms with Gasteiger partial charge >= 0.3 is 6.18 Å². The second kappa shape index (κ2) is 5.89. The van der Waals surface area contributed by atoms with Gasteiger partial charge in [0.15, 0.2) is 5.78 Å². The highest BCUT2D eigenvalue weighted by molar-refractivity contribution is 5.96. The first kappa shape index (κ1) is 14.5. The molecule has 1 aromatic carbocycles. The van der Waals surface area contributed by atoms with E-state index < -0.39 is 12.6 Å². The van der Waals surface area contributed by atoms with E-state index in [9.17, 15) is 18.0 Å². The summed E-state index contributed by atoms with van der Waals surface area (Å²) in [7, 11) is 1.60. The molecule has 0 N–H and O–H groups in total. The SMILES string of the molecule is CCC(=O)c1ccc(N(C)CCC(F)(F)F)cc1. The first-order valence-electron chi connectivity index (χ1n) is 5.74. The molecule has 0 saturated carbocycles. The molecule has 0 aliphatic heterocycles. The summed E-state index contributed by atoms with van der Waals surface area (Å²) in [4.78, 5) is 12.9. The van der Waals surface area contributed by atoms with Gasteiger partial charge in [0.25, 0.3) is 0 Å². The first-order valence-corrected chi connectivity index (χ1v) is 5.74. The molecule has 18 heavy (non-hydrogen) atoms. The molecule has 0 spiro atoms. The minimum Gasteiger partial charge on any atom is -0.374 e. The van der Waals surface area contributed by atoms with Crippen LogP contribution in [0.2, 0.25) is 0 Å². The van der Waals surface area contributed by atoms with Gasteiger partial charge in [-0.3, -0.25) is 4.79 Å². The summed E-state index contributed by atoms with van der Waals surface area (Å²) in [5.74, 6) is 0.0273. The van der Waals surface area contributed by atoms with Crippen LogP contribution < -0.4 is 4.90 Å². The van der Waals surface area contributed by atoms with Gasteiger partial charge in [0.1, 0.15) is 0 Å². The molecule has 2 nitrogen and oxygen atoms in total. The minimum atomic E-state index is -4.15. The normalized spacial score (nSPS) is 11.4. The lowest BCUT2D eigenvalue weighted by Gasteiger charge is -2.20. The third-order valence-electron chi connectivity index (χ3n) is 2.68. The number of anilines is 1. The van der Waals surface area contributed by atoms with Crippen molar-refractivity contribution in [2.24, 2.45) is 0 Å². The van der Waals surface area contributed by atoms with Crippen LogP contribution in [0.1, 0.15) is 30.1 Å². The number of ketones is 1. The van der Waals surface area contributed by atoms with Crippen molar-refractivity contribution in [3.63, 3.8) is 0 Å². The predicted molar refractivity (Wildman–Crippen MR) is 65.0 cm³/mol. The zero-order valence-corrected chi connectivity index (χ0v) is 10.4. The fourth-order valence-corrected chi connectivity index (χ4v) is 1.53. The van der Waals surface area contributed by atoms with Crippen LogP contribution in [-0.4, -0.2) is 25.6 Å². The molecule has 0 radical (unpaired) electrons. The molecule has 0 fully saturated rings. The summed E-state index contributed by atoms with van der Waals surface area (Å²) >= 11 is 0. The Hall–Kier alpha value is -1.52. The van der Waals surface area contributed by atoms with Crippen LogP contribution in [0.3, 0.4) is 0 Å². The van der Waals surface area contributed by atoms with E-state index in [0.29, 0.717) is 17.7 Å². The maximum Gasteiger partial charge on any atom is 0.390 e. The topological polar surface area (TPSA) is 20.3 Å². The van der Waals surface area contributed by atoms with Crippen LogP contribution in [0, 0.1) is 0 Å². The smallest absolute Gasteiger partial charge is 0.374 e. The number of alkyl halides is 3. The first-order chi connectivity index (χ1) is 8.33. The number of benzene rings is 1. The average Bonchev–Trinajstić information content (AvgIpc) is 2.34. The van der Waals surface area contributed by atoms with E-state index in [0.717, 1.165) is 0 Å². The van der Waals surface area contributed by atoms with Gasteiger partial charge in [0, 0.05) is 31.3 Å². The third-order valence-corrected chi connectivity index (χ3v) is 2.68. The van der Waals surface area contributed by atoms with Crippen molar-refractivity contribution in [2.45, 2.75) is 25.9 Å². The minimum absolute atomic E-state index is 0.0273. The van der Waals surface area contributed by atoms with Gasteiger partial charge in [-0.25, -0.2) is 0 Å². The summed E-state index contributed by atoms with van der Waals surface area (Å²) in [5, 5.41) is 0. The summed E-state index contributed by atoms with van der Waals surface area (Å²) < 4.78 is 36.2. The number of halogens is 3. The van der Waals surface area contributed by atoms with Crippen molar-refractivity contribution < 1.29 is 18.0 Å². The summed E-state index contributed by atoms with van der Waals surface area (Å²) in [6, 6.07) is 6.62. The average molecular weight is 259 g/mol. The summed E-state index contributed by atoms with van der Waals surface area (Å²) in [6.07, 6.45) is -4.57. The molecule has 0 saturated heterocycles. The largest absolute Gasteiger partial charge is 0.390 e. The zero-order chi connectivity index (χ0) is 13.8. The Kier molecular flexibility index (Phi) is 4.76. The van der Waals surface area contributed by atoms with Gasteiger partial charge in [-0.15, -0.1) is 0 Å². The summed E-state index contributed by atoms with van der Waals surface area (Å²) in [6.45, 7) is 1.68.